The zero-order chi connectivity index (χ0) is 14.7. The molecule has 0 heterocycles. The van der Waals surface area contributed by atoms with Gasteiger partial charge in [-0.05, 0) is 55.0 Å². The molecule has 2 nitrogen and oxygen atoms in total. The van der Waals surface area contributed by atoms with Gasteiger partial charge in [-0.2, -0.15) is 0 Å². The average molecular weight is 329 g/mol. The van der Waals surface area contributed by atoms with Crippen molar-refractivity contribution in [3.63, 3.8) is 0 Å². The van der Waals surface area contributed by atoms with E-state index in [1.165, 1.54) is 12.1 Å². The van der Waals surface area contributed by atoms with Crippen molar-refractivity contribution in [1.82, 2.24) is 0 Å². The van der Waals surface area contributed by atoms with Crippen molar-refractivity contribution < 1.29 is 4.39 Å². The first-order chi connectivity index (χ1) is 9.47. The van der Waals surface area contributed by atoms with Gasteiger partial charge >= 0.3 is 0 Å². The predicted octanol–water partition coefficient (Wildman–Crippen LogP) is 5.25. The Labute approximate surface area is 131 Å². The van der Waals surface area contributed by atoms with Crippen molar-refractivity contribution in [2.24, 2.45) is 0 Å². The van der Waals surface area contributed by atoms with Gasteiger partial charge < -0.3 is 10.6 Å². The highest BCUT2D eigenvalue weighted by Gasteiger charge is 2.07. The van der Waals surface area contributed by atoms with Gasteiger partial charge in [0.1, 0.15) is 5.82 Å². The molecule has 2 N–H and O–H groups in total. The smallest absolute Gasteiger partial charge is 0.175 e. The molecule has 20 heavy (non-hydrogen) atoms. The highest BCUT2D eigenvalue weighted by Crippen LogP contribution is 2.24. The molecule has 0 bridgehead atoms. The summed E-state index contributed by atoms with van der Waals surface area (Å²) in [5, 5.41) is 6.99. The maximum absolute atomic E-state index is 13.6. The molecule has 2 rings (SSSR count). The molecule has 0 aromatic heterocycles. The molecule has 0 aliphatic carbocycles. The van der Waals surface area contributed by atoms with Crippen LogP contribution in [0.3, 0.4) is 0 Å². The van der Waals surface area contributed by atoms with Crippen molar-refractivity contribution in [2.75, 3.05) is 10.6 Å². The summed E-state index contributed by atoms with van der Waals surface area (Å²) in [7, 11) is 0. The van der Waals surface area contributed by atoms with Crippen LogP contribution in [0.5, 0.6) is 0 Å². The first kappa shape index (κ1) is 15.0. The highest BCUT2D eigenvalue weighted by atomic mass is 35.5. The van der Waals surface area contributed by atoms with E-state index in [1.54, 1.807) is 12.1 Å². The fourth-order valence-corrected chi connectivity index (χ4v) is 2.16. The second-order valence-corrected chi connectivity index (χ2v) is 5.37. The molecule has 6 heteroatoms. The Kier molecular flexibility index (Phi) is 4.81. The third-order valence-electron chi connectivity index (χ3n) is 2.70. The summed E-state index contributed by atoms with van der Waals surface area (Å²) in [6.07, 6.45) is 0. The van der Waals surface area contributed by atoms with Crippen molar-refractivity contribution in [2.45, 2.75) is 6.92 Å². The van der Waals surface area contributed by atoms with E-state index in [-0.39, 0.29) is 10.8 Å². The summed E-state index contributed by atoms with van der Waals surface area (Å²) in [5.74, 6) is -0.468. The molecule has 0 saturated carbocycles. The monoisotopic (exact) mass is 328 g/mol. The summed E-state index contributed by atoms with van der Waals surface area (Å²) in [6.45, 7) is 1.87. The van der Waals surface area contributed by atoms with Crippen LogP contribution in [0.1, 0.15) is 5.56 Å². The van der Waals surface area contributed by atoms with E-state index in [9.17, 15) is 4.39 Å². The fourth-order valence-electron chi connectivity index (χ4n) is 1.61. The summed E-state index contributed by atoms with van der Waals surface area (Å²) in [5.41, 5.74) is 1.89. The van der Waals surface area contributed by atoms with Gasteiger partial charge in [-0.3, -0.25) is 0 Å². The Morgan fingerprint density at radius 1 is 1.10 bits per heavy atom. The normalized spacial score (nSPS) is 10.2. The van der Waals surface area contributed by atoms with Crippen molar-refractivity contribution in [1.29, 1.82) is 0 Å². The minimum atomic E-state index is -0.468. The van der Waals surface area contributed by atoms with Crippen LogP contribution in [0, 0.1) is 12.7 Å². The van der Waals surface area contributed by atoms with E-state index >= 15 is 0 Å². The summed E-state index contributed by atoms with van der Waals surface area (Å²) >= 11 is 16.9. The van der Waals surface area contributed by atoms with Gasteiger partial charge in [0, 0.05) is 15.7 Å². The Bertz CT molecular complexity index is 662. The van der Waals surface area contributed by atoms with Gasteiger partial charge in [0.25, 0.3) is 0 Å². The molecule has 0 saturated heterocycles. The lowest BCUT2D eigenvalue weighted by Gasteiger charge is -2.13. The highest BCUT2D eigenvalue weighted by molar-refractivity contribution is 7.80. The quantitative estimate of drug-likeness (QED) is 0.736. The van der Waals surface area contributed by atoms with Crippen LogP contribution in [-0.2, 0) is 0 Å². The molecule has 0 aliphatic heterocycles. The number of benzene rings is 2. The first-order valence-electron chi connectivity index (χ1n) is 5.75. The molecular weight excluding hydrogens is 318 g/mol. The van der Waals surface area contributed by atoms with E-state index in [0.717, 1.165) is 11.3 Å². The standard InChI is InChI=1S/C14H11Cl2FN2S/c1-8-10(16)3-2-4-12(8)18-14(20)19-13-6-5-9(15)7-11(13)17/h2-7H,1H3,(H2,18,19,20). The van der Waals surface area contributed by atoms with Crippen LogP contribution in [0.4, 0.5) is 15.8 Å². The van der Waals surface area contributed by atoms with Gasteiger partial charge in [-0.1, -0.05) is 29.3 Å². The molecule has 2 aromatic rings. The largest absolute Gasteiger partial charge is 0.332 e. The molecule has 0 aliphatic rings. The zero-order valence-electron chi connectivity index (χ0n) is 10.5. The zero-order valence-corrected chi connectivity index (χ0v) is 12.8. The maximum atomic E-state index is 13.6. The lowest BCUT2D eigenvalue weighted by Crippen LogP contribution is -2.20. The molecule has 0 unspecified atom stereocenters. The molecule has 2 aromatic carbocycles. The van der Waals surface area contributed by atoms with Crippen LogP contribution < -0.4 is 10.6 Å². The van der Waals surface area contributed by atoms with Crippen LogP contribution in [-0.4, -0.2) is 5.11 Å². The van der Waals surface area contributed by atoms with Gasteiger partial charge in [0.15, 0.2) is 5.11 Å². The lowest BCUT2D eigenvalue weighted by atomic mass is 10.2. The van der Waals surface area contributed by atoms with E-state index in [4.69, 9.17) is 35.4 Å². The summed E-state index contributed by atoms with van der Waals surface area (Å²) in [6, 6.07) is 9.77. The van der Waals surface area contributed by atoms with Crippen molar-refractivity contribution in [3.8, 4) is 0 Å². The molecular formula is C14H11Cl2FN2S. The van der Waals surface area contributed by atoms with Gasteiger partial charge in [0.05, 0.1) is 5.69 Å². The molecule has 0 atom stereocenters. The van der Waals surface area contributed by atoms with Gasteiger partial charge in [-0.25, -0.2) is 4.39 Å². The third-order valence-corrected chi connectivity index (χ3v) is 3.54. The molecule has 104 valence electrons. The molecule has 0 fully saturated rings. The third kappa shape index (κ3) is 3.60. The lowest BCUT2D eigenvalue weighted by molar-refractivity contribution is 0.632. The van der Waals surface area contributed by atoms with Crippen LogP contribution in [0.15, 0.2) is 36.4 Å². The van der Waals surface area contributed by atoms with Crippen molar-refractivity contribution >= 4 is 51.9 Å². The number of nitrogens with one attached hydrogen (secondary N) is 2. The number of thiocarbonyl (C=S) groups is 1. The van der Waals surface area contributed by atoms with Crippen molar-refractivity contribution in [3.05, 3.63) is 57.8 Å². The Morgan fingerprint density at radius 2 is 1.80 bits per heavy atom. The van der Waals surface area contributed by atoms with E-state index in [0.29, 0.717) is 10.0 Å². The maximum Gasteiger partial charge on any atom is 0.175 e. The molecule has 0 spiro atoms. The minimum absolute atomic E-state index is 0.256. The fraction of sp³-hybridized carbons (Fsp3) is 0.0714. The van der Waals surface area contributed by atoms with Crippen LogP contribution in [0.25, 0.3) is 0 Å². The number of anilines is 2. The topological polar surface area (TPSA) is 24.1 Å². The van der Waals surface area contributed by atoms with Gasteiger partial charge in [0.2, 0.25) is 0 Å². The van der Waals surface area contributed by atoms with Crippen LogP contribution in [0.2, 0.25) is 10.0 Å². The van der Waals surface area contributed by atoms with E-state index < -0.39 is 5.82 Å². The number of hydrogen-bond donors (Lipinski definition) is 2. The second kappa shape index (κ2) is 6.39. The number of hydrogen-bond acceptors (Lipinski definition) is 1. The second-order valence-electron chi connectivity index (χ2n) is 4.12. The first-order valence-corrected chi connectivity index (χ1v) is 6.92. The predicted molar refractivity (Wildman–Crippen MR) is 87.4 cm³/mol. The summed E-state index contributed by atoms with van der Waals surface area (Å²) < 4.78 is 13.6. The van der Waals surface area contributed by atoms with E-state index in [2.05, 4.69) is 10.6 Å². The Morgan fingerprint density at radius 3 is 2.50 bits per heavy atom. The molecule has 0 amide bonds. The summed E-state index contributed by atoms with van der Waals surface area (Å²) in [4.78, 5) is 0. The minimum Gasteiger partial charge on any atom is -0.332 e. The molecule has 0 radical (unpaired) electrons. The Balaban J connectivity index is 2.11. The van der Waals surface area contributed by atoms with E-state index in [1.807, 2.05) is 19.1 Å². The Hall–Kier alpha value is -1.36. The number of halogens is 3. The SMILES string of the molecule is Cc1c(Cl)cccc1NC(=S)Nc1ccc(Cl)cc1F. The average Bonchev–Trinajstić information content (AvgIpc) is 2.38. The van der Waals surface area contributed by atoms with Gasteiger partial charge in [-0.15, -0.1) is 0 Å². The number of rotatable bonds is 2. The van der Waals surface area contributed by atoms with Crippen LogP contribution >= 0.6 is 35.4 Å².